The van der Waals surface area contributed by atoms with Crippen LogP contribution in [0.4, 0.5) is 14.5 Å². The second kappa shape index (κ2) is 9.40. The van der Waals surface area contributed by atoms with Crippen molar-refractivity contribution in [3.05, 3.63) is 46.2 Å². The summed E-state index contributed by atoms with van der Waals surface area (Å²) in [6.07, 6.45) is 4.86. The fraction of sp³-hybridized carbons (Fsp3) is 0.435. The van der Waals surface area contributed by atoms with E-state index in [4.69, 9.17) is 15.2 Å². The van der Waals surface area contributed by atoms with Crippen LogP contribution < -0.4 is 15.8 Å². The van der Waals surface area contributed by atoms with Gasteiger partial charge < -0.3 is 20.5 Å². The zero-order valence-corrected chi connectivity index (χ0v) is 19.5. The second-order valence-electron chi connectivity index (χ2n) is 8.53. The topological polar surface area (TPSA) is 104 Å². The van der Waals surface area contributed by atoms with Gasteiger partial charge >= 0.3 is 0 Å². The maximum atomic E-state index is 15.0. The minimum Gasteiger partial charge on any atom is -0.490 e. The van der Waals surface area contributed by atoms with Crippen molar-refractivity contribution < 1.29 is 23.0 Å². The molecule has 4 heterocycles. The fourth-order valence-electron chi connectivity index (χ4n) is 4.40. The van der Waals surface area contributed by atoms with Crippen LogP contribution in [0.5, 0.6) is 5.75 Å². The lowest BCUT2D eigenvalue weighted by Gasteiger charge is -2.19. The van der Waals surface area contributed by atoms with Crippen LogP contribution in [-0.4, -0.2) is 39.9 Å². The van der Waals surface area contributed by atoms with Crippen LogP contribution in [0.25, 0.3) is 10.6 Å². The maximum Gasteiger partial charge on any atom is 0.275 e. The smallest absolute Gasteiger partial charge is 0.275 e. The molecule has 2 aromatic heterocycles. The summed E-state index contributed by atoms with van der Waals surface area (Å²) in [5.74, 6) is -1.94. The van der Waals surface area contributed by atoms with Gasteiger partial charge in [0.05, 0.1) is 29.7 Å². The van der Waals surface area contributed by atoms with E-state index in [1.54, 1.807) is 17.9 Å². The first-order valence-corrected chi connectivity index (χ1v) is 12.1. The molecular weight excluding hydrogens is 464 g/mol. The van der Waals surface area contributed by atoms with E-state index in [0.29, 0.717) is 43.7 Å². The molecule has 3 N–H and O–H groups in total. The van der Waals surface area contributed by atoms with E-state index in [-0.39, 0.29) is 34.2 Å². The zero-order valence-electron chi connectivity index (χ0n) is 18.6. The van der Waals surface area contributed by atoms with E-state index in [0.717, 1.165) is 29.9 Å². The molecule has 2 aliphatic heterocycles. The van der Waals surface area contributed by atoms with Crippen LogP contribution in [0.1, 0.15) is 53.5 Å². The third kappa shape index (κ3) is 4.30. The number of rotatable bonds is 4. The Morgan fingerprint density at radius 3 is 3.00 bits per heavy atom. The molecule has 1 aromatic carbocycles. The molecular formula is C23H25F2N5O3S. The number of fused-ring (bicyclic) bond motifs is 1. The molecule has 2 aliphatic rings. The Morgan fingerprint density at radius 2 is 2.15 bits per heavy atom. The van der Waals surface area contributed by atoms with E-state index < -0.39 is 17.5 Å². The number of benzene rings is 1. The van der Waals surface area contributed by atoms with Crippen LogP contribution in [0.3, 0.4) is 0 Å². The van der Waals surface area contributed by atoms with Gasteiger partial charge in [-0.05, 0) is 38.2 Å². The van der Waals surface area contributed by atoms with Crippen LogP contribution >= 0.6 is 11.3 Å². The van der Waals surface area contributed by atoms with Crippen molar-refractivity contribution in [2.75, 3.05) is 18.5 Å². The average molecular weight is 490 g/mol. The van der Waals surface area contributed by atoms with E-state index in [9.17, 15) is 9.18 Å². The quantitative estimate of drug-likeness (QED) is 0.575. The van der Waals surface area contributed by atoms with Crippen molar-refractivity contribution in [3.63, 3.8) is 0 Å². The number of halogens is 2. The van der Waals surface area contributed by atoms with E-state index >= 15 is 4.39 Å². The van der Waals surface area contributed by atoms with Crippen molar-refractivity contribution >= 4 is 22.9 Å². The molecule has 1 fully saturated rings. The first kappa shape index (κ1) is 22.9. The van der Waals surface area contributed by atoms with Crippen LogP contribution in [0.2, 0.25) is 0 Å². The highest BCUT2D eigenvalue weighted by atomic mass is 32.1. The van der Waals surface area contributed by atoms with E-state index in [2.05, 4.69) is 15.4 Å². The summed E-state index contributed by atoms with van der Waals surface area (Å²) in [6, 6.07) is 1.37. The number of nitrogens with two attached hydrogens (primary N) is 1. The number of aromatic nitrogens is 3. The molecule has 1 saturated heterocycles. The molecule has 0 saturated carbocycles. The summed E-state index contributed by atoms with van der Waals surface area (Å²) >= 11 is 0.994. The number of nitrogens with one attached hydrogen (secondary N) is 1. The lowest BCUT2D eigenvalue weighted by atomic mass is 10.0. The number of amides is 1. The third-order valence-electron chi connectivity index (χ3n) is 6.18. The zero-order chi connectivity index (χ0) is 23.8. The predicted molar refractivity (Wildman–Crippen MR) is 123 cm³/mol. The summed E-state index contributed by atoms with van der Waals surface area (Å²) < 4.78 is 42.8. The molecule has 1 amide bonds. The van der Waals surface area contributed by atoms with E-state index in [1.807, 2.05) is 0 Å². The van der Waals surface area contributed by atoms with Gasteiger partial charge in [-0.2, -0.15) is 5.10 Å². The number of anilines is 1. The molecule has 180 valence electrons. The molecule has 3 aromatic rings. The van der Waals surface area contributed by atoms with Crippen molar-refractivity contribution in [1.29, 1.82) is 0 Å². The highest BCUT2D eigenvalue weighted by molar-refractivity contribution is 7.13. The molecule has 0 spiro atoms. The molecule has 8 nitrogen and oxygen atoms in total. The average Bonchev–Trinajstić information content (AvgIpc) is 3.37. The van der Waals surface area contributed by atoms with E-state index in [1.165, 1.54) is 11.4 Å². The number of aryl methyl sites for hydroxylation is 2. The van der Waals surface area contributed by atoms with Gasteiger partial charge in [-0.15, -0.1) is 11.3 Å². The number of carbonyl (C=O) groups is 1. The monoisotopic (exact) mass is 489 g/mol. The fourth-order valence-corrected chi connectivity index (χ4v) is 5.24. The SMILES string of the molecule is Cn1ncc(NC(=O)c2csc(-c3c(F)cc4c(c3F)OCCC4)n2)c1C1CCC(N)CCO1. The Morgan fingerprint density at radius 1 is 1.29 bits per heavy atom. The number of hydrogen-bond acceptors (Lipinski definition) is 7. The number of ether oxygens (including phenoxy) is 2. The van der Waals surface area contributed by atoms with Gasteiger partial charge in [0.25, 0.3) is 5.91 Å². The predicted octanol–water partition coefficient (Wildman–Crippen LogP) is 3.97. The maximum absolute atomic E-state index is 15.0. The highest BCUT2D eigenvalue weighted by Gasteiger charge is 2.28. The number of thiazole rings is 1. The van der Waals surface area contributed by atoms with Gasteiger partial charge in [0.1, 0.15) is 22.6 Å². The second-order valence-corrected chi connectivity index (χ2v) is 9.39. The Hall–Kier alpha value is -2.89. The van der Waals surface area contributed by atoms with Gasteiger partial charge in [0, 0.05) is 30.6 Å². The minimum atomic E-state index is -0.783. The summed E-state index contributed by atoms with van der Waals surface area (Å²) in [5.41, 5.74) is 7.57. The number of nitrogens with zero attached hydrogens (tertiary/aromatic N) is 3. The van der Waals surface area contributed by atoms with Crippen LogP contribution in [-0.2, 0) is 18.2 Å². The molecule has 0 radical (unpaired) electrons. The Labute approximate surface area is 199 Å². The highest BCUT2D eigenvalue weighted by Crippen LogP contribution is 2.38. The lowest BCUT2D eigenvalue weighted by Crippen LogP contribution is -2.19. The molecule has 11 heteroatoms. The number of carbonyl (C=O) groups excluding carboxylic acids is 1. The number of hydrogen-bond donors (Lipinski definition) is 2. The Kier molecular flexibility index (Phi) is 6.32. The van der Waals surface area contributed by atoms with Gasteiger partial charge in [-0.25, -0.2) is 13.8 Å². The summed E-state index contributed by atoms with van der Waals surface area (Å²) in [6.45, 7) is 0.909. The summed E-state index contributed by atoms with van der Waals surface area (Å²) in [5, 5.41) is 8.63. The molecule has 5 rings (SSSR count). The van der Waals surface area contributed by atoms with Gasteiger partial charge in [0.15, 0.2) is 11.6 Å². The third-order valence-corrected chi connectivity index (χ3v) is 7.04. The van der Waals surface area contributed by atoms with Crippen LogP contribution in [0, 0.1) is 11.6 Å². The van der Waals surface area contributed by atoms with Crippen molar-refractivity contribution in [2.24, 2.45) is 12.8 Å². The largest absolute Gasteiger partial charge is 0.490 e. The van der Waals surface area contributed by atoms with Gasteiger partial charge in [-0.1, -0.05) is 0 Å². The standard InChI is InChI=1S/C23H25F2N5O3S/c1-30-20(17-5-4-13(26)6-8-32-17)15(10-27-30)28-22(31)16-11-34-23(29-16)18-14(24)9-12-3-2-7-33-21(12)19(18)25/h9-11,13,17H,2-8,26H2,1H3,(H,28,31). The molecule has 34 heavy (non-hydrogen) atoms. The van der Waals surface area contributed by atoms with Crippen molar-refractivity contribution in [2.45, 2.75) is 44.2 Å². The first-order chi connectivity index (χ1) is 16.4. The van der Waals surface area contributed by atoms with Gasteiger partial charge in [0.2, 0.25) is 0 Å². The minimum absolute atomic E-state index is 0.0519. The molecule has 0 bridgehead atoms. The summed E-state index contributed by atoms with van der Waals surface area (Å²) in [7, 11) is 1.78. The normalized spacial score (nSPS) is 20.4. The molecule has 2 atom stereocenters. The first-order valence-electron chi connectivity index (χ1n) is 11.2. The Balaban J connectivity index is 1.38. The molecule has 0 aliphatic carbocycles. The van der Waals surface area contributed by atoms with Crippen molar-refractivity contribution in [1.82, 2.24) is 14.8 Å². The summed E-state index contributed by atoms with van der Waals surface area (Å²) in [4.78, 5) is 17.2. The lowest BCUT2D eigenvalue weighted by molar-refractivity contribution is 0.0529. The van der Waals surface area contributed by atoms with Gasteiger partial charge in [-0.3, -0.25) is 9.48 Å². The molecule has 2 unspecified atom stereocenters. The van der Waals surface area contributed by atoms with Crippen LogP contribution in [0.15, 0.2) is 17.6 Å². The Bertz CT molecular complexity index is 1230. The van der Waals surface area contributed by atoms with Crippen molar-refractivity contribution in [3.8, 4) is 16.3 Å².